The molecule has 0 saturated carbocycles. The van der Waals surface area contributed by atoms with Crippen LogP contribution in [0.2, 0.25) is 0 Å². The Morgan fingerprint density at radius 2 is 1.61 bits per heavy atom. The molecular formula is C17H11F6N7O. The number of primary amides is 1. The zero-order chi connectivity index (χ0) is 23.0. The second-order valence-electron chi connectivity index (χ2n) is 6.05. The van der Waals surface area contributed by atoms with Crippen LogP contribution in [-0.4, -0.2) is 30.6 Å². The van der Waals surface area contributed by atoms with Crippen molar-refractivity contribution in [3.05, 3.63) is 53.7 Å². The molecule has 162 valence electrons. The number of nitrogen functional groups attached to an aromatic ring is 1. The van der Waals surface area contributed by atoms with Gasteiger partial charge in [-0.05, 0) is 24.3 Å². The Morgan fingerprint density at radius 3 is 2.10 bits per heavy atom. The van der Waals surface area contributed by atoms with Crippen molar-refractivity contribution in [1.29, 1.82) is 0 Å². The van der Waals surface area contributed by atoms with Crippen LogP contribution in [0.15, 0.2) is 36.8 Å². The molecule has 0 unspecified atom stereocenters. The van der Waals surface area contributed by atoms with E-state index in [0.717, 1.165) is 17.2 Å². The van der Waals surface area contributed by atoms with Gasteiger partial charge in [-0.2, -0.15) is 26.3 Å². The fourth-order valence-corrected chi connectivity index (χ4v) is 2.40. The molecule has 0 aromatic carbocycles. The standard InChI is InChI=1S/C17H11F6N7O/c18-16(19,20)11-3-9(4-12(28-11)17(21,22)23)15-27-7-30(29-15)6-10(14(25)31)8-1-2-13(24)26-5-8/h1-7H,(H2,24,26)(H2,25,31)/b10-6+. The lowest BCUT2D eigenvalue weighted by molar-refractivity contribution is -0.150. The van der Waals surface area contributed by atoms with E-state index in [2.05, 4.69) is 20.1 Å². The lowest BCUT2D eigenvalue weighted by Crippen LogP contribution is -2.15. The van der Waals surface area contributed by atoms with Crippen LogP contribution >= 0.6 is 0 Å². The summed E-state index contributed by atoms with van der Waals surface area (Å²) in [4.78, 5) is 21.9. The van der Waals surface area contributed by atoms with Gasteiger partial charge in [0.15, 0.2) is 5.82 Å². The van der Waals surface area contributed by atoms with E-state index in [-0.39, 0.29) is 17.0 Å². The highest BCUT2D eigenvalue weighted by Crippen LogP contribution is 2.35. The molecule has 3 aromatic rings. The van der Waals surface area contributed by atoms with Gasteiger partial charge in [0.1, 0.15) is 23.5 Å². The topological polar surface area (TPSA) is 126 Å². The van der Waals surface area contributed by atoms with Crippen molar-refractivity contribution in [3.8, 4) is 11.4 Å². The molecule has 0 aliphatic carbocycles. The van der Waals surface area contributed by atoms with Crippen molar-refractivity contribution in [3.63, 3.8) is 0 Å². The van der Waals surface area contributed by atoms with E-state index in [4.69, 9.17) is 11.5 Å². The SMILES string of the molecule is NC(=O)/C(=C/n1cnc(-c2cc(C(F)(F)F)nc(C(F)(F)F)c2)n1)c1ccc(N)nc1. The van der Waals surface area contributed by atoms with Gasteiger partial charge in [0, 0.05) is 23.5 Å². The highest BCUT2D eigenvalue weighted by Gasteiger charge is 2.39. The summed E-state index contributed by atoms with van der Waals surface area (Å²) in [6.07, 6.45) is -6.94. The number of aromatic nitrogens is 5. The number of pyridine rings is 2. The molecular weight excluding hydrogens is 432 g/mol. The van der Waals surface area contributed by atoms with E-state index >= 15 is 0 Å². The summed E-state index contributed by atoms with van der Waals surface area (Å²) < 4.78 is 78.8. The van der Waals surface area contributed by atoms with Gasteiger partial charge in [-0.25, -0.2) is 19.6 Å². The second kappa shape index (κ2) is 7.70. The summed E-state index contributed by atoms with van der Waals surface area (Å²) in [5.41, 5.74) is 6.85. The van der Waals surface area contributed by atoms with Crippen LogP contribution in [0.1, 0.15) is 17.0 Å². The number of nitrogens with two attached hydrogens (primary N) is 2. The largest absolute Gasteiger partial charge is 0.433 e. The Hall–Kier alpha value is -3.97. The molecule has 0 fully saturated rings. The van der Waals surface area contributed by atoms with E-state index in [0.29, 0.717) is 12.1 Å². The van der Waals surface area contributed by atoms with Crippen LogP contribution in [0.3, 0.4) is 0 Å². The fraction of sp³-hybridized carbons (Fsp3) is 0.118. The first kappa shape index (κ1) is 21.7. The average molecular weight is 443 g/mol. The van der Waals surface area contributed by atoms with Crippen molar-refractivity contribution >= 4 is 23.5 Å². The van der Waals surface area contributed by atoms with E-state index in [1.165, 1.54) is 18.3 Å². The summed E-state index contributed by atoms with van der Waals surface area (Å²) in [7, 11) is 0. The van der Waals surface area contributed by atoms with Crippen LogP contribution in [0.4, 0.5) is 32.2 Å². The first-order valence-corrected chi connectivity index (χ1v) is 8.16. The number of nitrogens with zero attached hydrogens (tertiary/aromatic N) is 5. The first-order chi connectivity index (χ1) is 14.3. The fourth-order valence-electron chi connectivity index (χ4n) is 2.40. The first-order valence-electron chi connectivity index (χ1n) is 8.16. The van der Waals surface area contributed by atoms with Gasteiger partial charge in [-0.1, -0.05) is 0 Å². The summed E-state index contributed by atoms with van der Waals surface area (Å²) in [6.45, 7) is 0. The zero-order valence-electron chi connectivity index (χ0n) is 15.1. The van der Waals surface area contributed by atoms with Crippen molar-refractivity contribution in [1.82, 2.24) is 24.7 Å². The number of anilines is 1. The predicted octanol–water partition coefficient (Wildman–Crippen LogP) is 2.84. The van der Waals surface area contributed by atoms with Crippen LogP contribution in [0, 0.1) is 0 Å². The van der Waals surface area contributed by atoms with Gasteiger partial charge in [0.05, 0.1) is 5.57 Å². The molecule has 0 saturated heterocycles. The minimum atomic E-state index is -5.13. The Morgan fingerprint density at radius 1 is 1.00 bits per heavy atom. The molecule has 3 rings (SSSR count). The van der Waals surface area contributed by atoms with E-state index in [1.807, 2.05) is 0 Å². The Labute approximate surface area is 169 Å². The lowest BCUT2D eigenvalue weighted by Gasteiger charge is -2.11. The molecule has 31 heavy (non-hydrogen) atoms. The van der Waals surface area contributed by atoms with Crippen molar-refractivity contribution < 1.29 is 31.1 Å². The quantitative estimate of drug-likeness (QED) is 0.472. The highest BCUT2D eigenvalue weighted by molar-refractivity contribution is 6.22. The minimum absolute atomic E-state index is 0.106. The van der Waals surface area contributed by atoms with Gasteiger partial charge in [0.2, 0.25) is 0 Å². The van der Waals surface area contributed by atoms with Crippen molar-refractivity contribution in [2.45, 2.75) is 12.4 Å². The monoisotopic (exact) mass is 443 g/mol. The van der Waals surface area contributed by atoms with Gasteiger partial charge in [-0.3, -0.25) is 4.79 Å². The molecule has 0 radical (unpaired) electrons. The number of hydrogen-bond donors (Lipinski definition) is 2. The normalized spacial score (nSPS) is 12.8. The maximum absolute atomic E-state index is 13.0. The van der Waals surface area contributed by atoms with Gasteiger partial charge < -0.3 is 11.5 Å². The maximum Gasteiger partial charge on any atom is 0.433 e. The summed E-state index contributed by atoms with van der Waals surface area (Å²) in [5, 5.41) is 3.81. The number of amides is 1. The summed E-state index contributed by atoms with van der Waals surface area (Å²) in [6, 6.07) is 3.60. The molecule has 0 aliphatic rings. The van der Waals surface area contributed by atoms with Crippen LogP contribution in [0.25, 0.3) is 23.2 Å². The van der Waals surface area contributed by atoms with Gasteiger partial charge in [0.25, 0.3) is 5.91 Å². The third-order valence-electron chi connectivity index (χ3n) is 3.80. The zero-order valence-corrected chi connectivity index (χ0v) is 15.1. The van der Waals surface area contributed by atoms with Crippen molar-refractivity contribution in [2.75, 3.05) is 5.73 Å². The number of halogens is 6. The van der Waals surface area contributed by atoms with Crippen molar-refractivity contribution in [2.24, 2.45) is 5.73 Å². The second-order valence-corrected chi connectivity index (χ2v) is 6.05. The number of carbonyl (C=O) groups excluding carboxylic acids is 1. The van der Waals surface area contributed by atoms with Crippen LogP contribution in [0.5, 0.6) is 0 Å². The third kappa shape index (κ3) is 4.96. The van der Waals surface area contributed by atoms with Gasteiger partial charge in [-0.15, -0.1) is 5.10 Å². The predicted molar refractivity (Wildman–Crippen MR) is 95.3 cm³/mol. The van der Waals surface area contributed by atoms with E-state index in [1.54, 1.807) is 0 Å². The molecule has 0 bridgehead atoms. The summed E-state index contributed by atoms with van der Waals surface area (Å²) >= 11 is 0. The smallest absolute Gasteiger partial charge is 0.384 e. The Balaban J connectivity index is 2.06. The molecule has 3 heterocycles. The van der Waals surface area contributed by atoms with Gasteiger partial charge >= 0.3 is 12.4 Å². The molecule has 14 heteroatoms. The van der Waals surface area contributed by atoms with Crippen LogP contribution in [-0.2, 0) is 17.1 Å². The minimum Gasteiger partial charge on any atom is -0.384 e. The molecule has 0 spiro atoms. The Kier molecular flexibility index (Phi) is 5.40. The maximum atomic E-state index is 13.0. The molecule has 0 aliphatic heterocycles. The molecule has 4 N–H and O–H groups in total. The summed E-state index contributed by atoms with van der Waals surface area (Å²) in [5.74, 6) is -1.19. The number of carbonyl (C=O) groups is 1. The number of rotatable bonds is 4. The average Bonchev–Trinajstić information content (AvgIpc) is 3.14. The molecule has 8 nitrogen and oxygen atoms in total. The third-order valence-corrected chi connectivity index (χ3v) is 3.80. The molecule has 0 atom stereocenters. The van der Waals surface area contributed by atoms with Crippen LogP contribution < -0.4 is 11.5 Å². The van der Waals surface area contributed by atoms with E-state index in [9.17, 15) is 31.1 Å². The highest BCUT2D eigenvalue weighted by atomic mass is 19.4. The number of alkyl halides is 6. The molecule has 3 aromatic heterocycles. The lowest BCUT2D eigenvalue weighted by atomic mass is 10.1. The van der Waals surface area contributed by atoms with E-state index < -0.39 is 41.0 Å². The molecule has 1 amide bonds. The number of hydrogen-bond acceptors (Lipinski definition) is 6. The Bertz CT molecular complexity index is 1120.